The molecule has 118 valence electrons. The summed E-state index contributed by atoms with van der Waals surface area (Å²) in [5.41, 5.74) is 0.703. The first-order valence-corrected chi connectivity index (χ1v) is 8.00. The van der Waals surface area contributed by atoms with Crippen LogP contribution in [0.4, 0.5) is 4.79 Å². The molecule has 1 saturated heterocycles. The number of hydrogen-bond donors (Lipinski definition) is 1. The van der Waals surface area contributed by atoms with Gasteiger partial charge < -0.3 is 9.84 Å². The molecule has 0 atom stereocenters. The molecule has 1 heterocycles. The van der Waals surface area contributed by atoms with E-state index in [-0.39, 0.29) is 16.9 Å². The van der Waals surface area contributed by atoms with Crippen molar-refractivity contribution in [3.05, 3.63) is 28.7 Å². The maximum absolute atomic E-state index is 12.3. The predicted octanol–water partition coefficient (Wildman–Crippen LogP) is 3.63. The van der Waals surface area contributed by atoms with Crippen molar-refractivity contribution in [3.63, 3.8) is 0 Å². The summed E-state index contributed by atoms with van der Waals surface area (Å²) in [7, 11) is 1.46. The highest BCUT2D eigenvalue weighted by atomic mass is 32.2. The highest BCUT2D eigenvalue weighted by Gasteiger charge is 2.34. The summed E-state index contributed by atoms with van der Waals surface area (Å²) in [6.45, 7) is 2.54. The molecule has 0 spiro atoms. The van der Waals surface area contributed by atoms with Gasteiger partial charge in [-0.15, -0.1) is 0 Å². The standard InChI is InChI=1S/C16H19NO4S/c1-3-4-5-8-17-15(19)14(22-16(17)20)10-11-6-7-12(18)13(9-11)21-2/h6-7,9-10,18H,3-5,8H2,1-2H3/b14-10-. The lowest BCUT2D eigenvalue weighted by Gasteiger charge is -2.11. The normalized spacial score (nSPS) is 16.6. The SMILES string of the molecule is CCCCCN1C(=O)S/C(=C\c2ccc(O)c(OC)c2)C1=O. The Balaban J connectivity index is 2.15. The van der Waals surface area contributed by atoms with Gasteiger partial charge in [0.25, 0.3) is 11.1 Å². The Labute approximate surface area is 133 Å². The first-order chi connectivity index (χ1) is 10.6. The quantitative estimate of drug-likeness (QED) is 0.640. The Bertz CT molecular complexity index is 612. The zero-order valence-corrected chi connectivity index (χ0v) is 13.5. The van der Waals surface area contributed by atoms with Gasteiger partial charge >= 0.3 is 0 Å². The van der Waals surface area contributed by atoms with Crippen LogP contribution in [0, 0.1) is 0 Å². The third-order valence-corrected chi connectivity index (χ3v) is 4.27. The van der Waals surface area contributed by atoms with Crippen LogP contribution in [0.25, 0.3) is 6.08 Å². The lowest BCUT2D eigenvalue weighted by molar-refractivity contribution is -0.122. The van der Waals surface area contributed by atoms with Crippen LogP contribution in [0.15, 0.2) is 23.1 Å². The van der Waals surface area contributed by atoms with E-state index in [4.69, 9.17) is 4.74 Å². The first-order valence-electron chi connectivity index (χ1n) is 7.19. The second kappa shape index (κ2) is 7.35. The number of ether oxygens (including phenoxy) is 1. The van der Waals surface area contributed by atoms with E-state index in [1.807, 2.05) is 0 Å². The number of benzene rings is 1. The molecule has 0 unspecified atom stereocenters. The maximum Gasteiger partial charge on any atom is 0.293 e. The molecule has 0 saturated carbocycles. The summed E-state index contributed by atoms with van der Waals surface area (Å²) in [5, 5.41) is 9.35. The van der Waals surface area contributed by atoms with Gasteiger partial charge in [-0.3, -0.25) is 14.5 Å². The predicted molar refractivity (Wildman–Crippen MR) is 86.9 cm³/mol. The number of thioether (sulfide) groups is 1. The number of rotatable bonds is 6. The highest BCUT2D eigenvalue weighted by Crippen LogP contribution is 2.34. The largest absolute Gasteiger partial charge is 0.504 e. The fraction of sp³-hybridized carbons (Fsp3) is 0.375. The molecule has 1 aromatic carbocycles. The number of imide groups is 1. The first kappa shape index (κ1) is 16.4. The minimum Gasteiger partial charge on any atom is -0.504 e. The average Bonchev–Trinajstić information content (AvgIpc) is 2.76. The van der Waals surface area contributed by atoms with Gasteiger partial charge in [-0.25, -0.2) is 0 Å². The van der Waals surface area contributed by atoms with Gasteiger partial charge in [-0.05, 0) is 42.0 Å². The van der Waals surface area contributed by atoms with E-state index >= 15 is 0 Å². The van der Waals surface area contributed by atoms with Gasteiger partial charge in [0.2, 0.25) is 0 Å². The number of methoxy groups -OCH3 is 1. The molecule has 1 N–H and O–H groups in total. The summed E-state index contributed by atoms with van der Waals surface area (Å²) in [5.74, 6) is 0.112. The minimum atomic E-state index is -0.252. The number of aromatic hydroxyl groups is 1. The van der Waals surface area contributed by atoms with Gasteiger partial charge in [-0.1, -0.05) is 25.8 Å². The number of nitrogens with zero attached hydrogens (tertiary/aromatic N) is 1. The van der Waals surface area contributed by atoms with Crippen molar-refractivity contribution in [2.24, 2.45) is 0 Å². The molecule has 1 fully saturated rings. The lowest BCUT2D eigenvalue weighted by atomic mass is 10.2. The van der Waals surface area contributed by atoms with Crippen LogP contribution in [0.1, 0.15) is 31.7 Å². The molecular formula is C16H19NO4S. The summed E-state index contributed by atoms with van der Waals surface area (Å²) in [6.07, 6.45) is 4.51. The molecular weight excluding hydrogens is 302 g/mol. The van der Waals surface area contributed by atoms with E-state index in [0.717, 1.165) is 31.0 Å². The molecule has 1 aromatic rings. The monoisotopic (exact) mass is 321 g/mol. The van der Waals surface area contributed by atoms with Gasteiger partial charge in [0.15, 0.2) is 11.5 Å². The van der Waals surface area contributed by atoms with Crippen LogP contribution in [-0.2, 0) is 4.79 Å². The van der Waals surface area contributed by atoms with Crippen molar-refractivity contribution < 1.29 is 19.4 Å². The van der Waals surface area contributed by atoms with Crippen molar-refractivity contribution in [1.82, 2.24) is 4.90 Å². The smallest absolute Gasteiger partial charge is 0.293 e. The molecule has 0 aromatic heterocycles. The van der Waals surface area contributed by atoms with E-state index < -0.39 is 0 Å². The number of carbonyl (C=O) groups excluding carboxylic acids is 2. The average molecular weight is 321 g/mol. The van der Waals surface area contributed by atoms with Crippen LogP contribution < -0.4 is 4.74 Å². The van der Waals surface area contributed by atoms with Gasteiger partial charge in [-0.2, -0.15) is 0 Å². The number of phenolic OH excluding ortho intramolecular Hbond substituents is 1. The number of unbranched alkanes of at least 4 members (excludes halogenated alkanes) is 2. The fourth-order valence-electron chi connectivity index (χ4n) is 2.15. The molecule has 1 aliphatic rings. The van der Waals surface area contributed by atoms with Gasteiger partial charge in [0, 0.05) is 6.54 Å². The van der Waals surface area contributed by atoms with E-state index in [0.29, 0.717) is 22.8 Å². The number of hydrogen-bond acceptors (Lipinski definition) is 5. The summed E-state index contributed by atoms with van der Waals surface area (Å²) in [6, 6.07) is 4.79. The van der Waals surface area contributed by atoms with Crippen molar-refractivity contribution in [2.75, 3.05) is 13.7 Å². The van der Waals surface area contributed by atoms with Crippen LogP contribution >= 0.6 is 11.8 Å². The summed E-state index contributed by atoms with van der Waals surface area (Å²) >= 11 is 0.948. The topological polar surface area (TPSA) is 66.8 Å². The molecule has 0 bridgehead atoms. The minimum absolute atomic E-state index is 0.0346. The molecule has 0 radical (unpaired) electrons. The summed E-state index contributed by atoms with van der Waals surface area (Å²) < 4.78 is 5.04. The van der Waals surface area contributed by atoms with Crippen LogP contribution in [-0.4, -0.2) is 34.8 Å². The Kier molecular flexibility index (Phi) is 5.49. The summed E-state index contributed by atoms with van der Waals surface area (Å²) in [4.78, 5) is 25.9. The molecule has 0 aliphatic carbocycles. The van der Waals surface area contributed by atoms with Crippen molar-refractivity contribution >= 4 is 29.0 Å². The van der Waals surface area contributed by atoms with Crippen LogP contribution in [0.5, 0.6) is 11.5 Å². The second-order valence-corrected chi connectivity index (χ2v) is 5.96. The zero-order valence-electron chi connectivity index (χ0n) is 12.7. The Morgan fingerprint density at radius 1 is 1.32 bits per heavy atom. The number of amides is 2. The lowest BCUT2D eigenvalue weighted by Crippen LogP contribution is -2.29. The Hall–Kier alpha value is -1.95. The van der Waals surface area contributed by atoms with Crippen molar-refractivity contribution in [1.29, 1.82) is 0 Å². The fourth-order valence-corrected chi connectivity index (χ4v) is 3.01. The highest BCUT2D eigenvalue weighted by molar-refractivity contribution is 8.18. The zero-order chi connectivity index (χ0) is 16.1. The van der Waals surface area contributed by atoms with E-state index in [9.17, 15) is 14.7 Å². The van der Waals surface area contributed by atoms with Gasteiger partial charge in [0.1, 0.15) is 0 Å². The third kappa shape index (κ3) is 3.62. The third-order valence-electron chi connectivity index (χ3n) is 3.36. The second-order valence-electron chi connectivity index (χ2n) is 4.97. The molecule has 22 heavy (non-hydrogen) atoms. The molecule has 1 aliphatic heterocycles. The van der Waals surface area contributed by atoms with E-state index in [2.05, 4.69) is 6.92 Å². The van der Waals surface area contributed by atoms with E-state index in [1.54, 1.807) is 18.2 Å². The van der Waals surface area contributed by atoms with E-state index in [1.165, 1.54) is 18.1 Å². The number of carbonyl (C=O) groups is 2. The van der Waals surface area contributed by atoms with Crippen molar-refractivity contribution in [3.8, 4) is 11.5 Å². The van der Waals surface area contributed by atoms with Gasteiger partial charge in [0.05, 0.1) is 12.0 Å². The van der Waals surface area contributed by atoms with Crippen molar-refractivity contribution in [2.45, 2.75) is 26.2 Å². The number of phenols is 1. The van der Waals surface area contributed by atoms with Crippen LogP contribution in [0.3, 0.4) is 0 Å². The Morgan fingerprint density at radius 2 is 2.09 bits per heavy atom. The molecule has 2 amide bonds. The molecule has 2 rings (SSSR count). The molecule has 5 nitrogen and oxygen atoms in total. The maximum atomic E-state index is 12.3. The Morgan fingerprint density at radius 3 is 2.77 bits per heavy atom. The van der Waals surface area contributed by atoms with Crippen LogP contribution in [0.2, 0.25) is 0 Å². The molecule has 6 heteroatoms.